The molecule has 10 heteroatoms. The van der Waals surface area contributed by atoms with Crippen molar-refractivity contribution >= 4 is 30.9 Å². The number of nitrogens with zero attached hydrogens (tertiary/aromatic N) is 2. The Hall–Kier alpha value is -2.30. The lowest BCUT2D eigenvalue weighted by atomic mass is 10.1. The van der Waals surface area contributed by atoms with E-state index in [-0.39, 0.29) is 22.8 Å². The number of fused-ring (bicyclic) bond motifs is 1. The first kappa shape index (κ1) is 20.0. The summed E-state index contributed by atoms with van der Waals surface area (Å²) in [6.45, 7) is 4.18. The lowest BCUT2D eigenvalue weighted by molar-refractivity contribution is 0.562. The van der Waals surface area contributed by atoms with Crippen molar-refractivity contribution in [3.8, 4) is 11.3 Å². The van der Waals surface area contributed by atoms with Gasteiger partial charge in [0, 0.05) is 35.1 Å². The summed E-state index contributed by atoms with van der Waals surface area (Å²) in [6.07, 6.45) is 3.27. The van der Waals surface area contributed by atoms with Crippen LogP contribution in [0.5, 0.6) is 0 Å². The van der Waals surface area contributed by atoms with Gasteiger partial charge < -0.3 is 4.98 Å². The standard InChI is InChI=1S/C19H22N4O4S2/c1-12(2)18-9-16-15(5-7-20-19(16)22-18)17-4-3-14(10-21-17)29(26,27)23-13-6-8-28(24,25)11-13/h3-5,7,9-10,12-13,23H,6,8,11H2,1-2H3,(H,20,22). The fraction of sp³-hybridized carbons (Fsp3) is 0.368. The van der Waals surface area contributed by atoms with Crippen LogP contribution in [-0.4, -0.2) is 49.3 Å². The average Bonchev–Trinajstić information content (AvgIpc) is 3.24. The number of rotatable bonds is 5. The number of sulfone groups is 1. The fourth-order valence-corrected chi connectivity index (χ4v) is 6.45. The van der Waals surface area contributed by atoms with E-state index in [4.69, 9.17) is 0 Å². The molecule has 4 heterocycles. The smallest absolute Gasteiger partial charge is 0.242 e. The molecule has 0 bridgehead atoms. The second kappa shape index (κ2) is 7.19. The third-order valence-corrected chi connectivity index (χ3v) is 8.33. The molecule has 1 atom stereocenters. The van der Waals surface area contributed by atoms with Crippen molar-refractivity contribution in [2.75, 3.05) is 11.5 Å². The van der Waals surface area contributed by atoms with E-state index in [9.17, 15) is 16.8 Å². The van der Waals surface area contributed by atoms with E-state index in [1.807, 2.05) is 12.1 Å². The van der Waals surface area contributed by atoms with Crippen LogP contribution in [0.4, 0.5) is 0 Å². The zero-order valence-electron chi connectivity index (χ0n) is 16.1. The van der Waals surface area contributed by atoms with E-state index in [2.05, 4.69) is 33.5 Å². The number of hydrogen-bond donors (Lipinski definition) is 2. The molecule has 4 rings (SSSR count). The van der Waals surface area contributed by atoms with E-state index >= 15 is 0 Å². The van der Waals surface area contributed by atoms with E-state index in [0.29, 0.717) is 11.6 Å². The predicted molar refractivity (Wildman–Crippen MR) is 111 cm³/mol. The highest BCUT2D eigenvalue weighted by atomic mass is 32.2. The molecule has 1 aliphatic heterocycles. The Labute approximate surface area is 169 Å². The number of pyridine rings is 2. The summed E-state index contributed by atoms with van der Waals surface area (Å²) < 4.78 is 50.7. The highest BCUT2D eigenvalue weighted by Crippen LogP contribution is 2.29. The van der Waals surface area contributed by atoms with Gasteiger partial charge in [0.25, 0.3) is 0 Å². The maximum Gasteiger partial charge on any atom is 0.242 e. The largest absolute Gasteiger partial charge is 0.343 e. The second-order valence-electron chi connectivity index (χ2n) is 7.60. The van der Waals surface area contributed by atoms with E-state index in [1.165, 1.54) is 12.3 Å². The van der Waals surface area contributed by atoms with Gasteiger partial charge in [0.15, 0.2) is 9.84 Å². The molecule has 8 nitrogen and oxygen atoms in total. The molecule has 1 unspecified atom stereocenters. The summed E-state index contributed by atoms with van der Waals surface area (Å²) in [5.74, 6) is 0.158. The van der Waals surface area contributed by atoms with Crippen LogP contribution in [0.2, 0.25) is 0 Å². The average molecular weight is 435 g/mol. The summed E-state index contributed by atoms with van der Waals surface area (Å²) in [5.41, 5.74) is 3.31. The van der Waals surface area contributed by atoms with Crippen molar-refractivity contribution in [3.05, 3.63) is 42.4 Å². The third kappa shape index (κ3) is 4.05. The van der Waals surface area contributed by atoms with Crippen molar-refractivity contribution in [2.24, 2.45) is 0 Å². The second-order valence-corrected chi connectivity index (χ2v) is 11.5. The van der Waals surface area contributed by atoms with Crippen LogP contribution in [-0.2, 0) is 19.9 Å². The van der Waals surface area contributed by atoms with Crippen molar-refractivity contribution in [1.29, 1.82) is 0 Å². The Kier molecular flexibility index (Phi) is 4.96. The van der Waals surface area contributed by atoms with Crippen molar-refractivity contribution < 1.29 is 16.8 Å². The monoisotopic (exact) mass is 434 g/mol. The Morgan fingerprint density at radius 1 is 1.21 bits per heavy atom. The molecule has 1 saturated heterocycles. The molecule has 2 N–H and O–H groups in total. The molecule has 0 spiro atoms. The Morgan fingerprint density at radius 3 is 2.62 bits per heavy atom. The molecule has 3 aromatic heterocycles. The van der Waals surface area contributed by atoms with Gasteiger partial charge >= 0.3 is 0 Å². The number of H-pyrrole nitrogens is 1. The van der Waals surface area contributed by atoms with Crippen LogP contribution in [0, 0.1) is 0 Å². The number of sulfonamides is 1. The van der Waals surface area contributed by atoms with Gasteiger partial charge in [-0.15, -0.1) is 0 Å². The predicted octanol–water partition coefficient (Wildman–Crippen LogP) is 2.21. The number of hydrogen-bond acceptors (Lipinski definition) is 6. The summed E-state index contributed by atoms with van der Waals surface area (Å²) in [4.78, 5) is 12.0. The molecule has 154 valence electrons. The summed E-state index contributed by atoms with van der Waals surface area (Å²) >= 11 is 0. The molecule has 0 saturated carbocycles. The van der Waals surface area contributed by atoms with Gasteiger partial charge in [-0.1, -0.05) is 13.8 Å². The quantitative estimate of drug-likeness (QED) is 0.635. The van der Waals surface area contributed by atoms with Crippen LogP contribution in [0.3, 0.4) is 0 Å². The van der Waals surface area contributed by atoms with Gasteiger partial charge in [-0.2, -0.15) is 0 Å². The van der Waals surface area contributed by atoms with Gasteiger partial charge in [-0.25, -0.2) is 26.5 Å². The van der Waals surface area contributed by atoms with Crippen LogP contribution in [0.15, 0.2) is 41.6 Å². The third-order valence-electron chi connectivity index (χ3n) is 5.05. The Bertz CT molecular complexity index is 1260. The fourth-order valence-electron chi connectivity index (χ4n) is 3.46. The van der Waals surface area contributed by atoms with Gasteiger partial charge in [0.05, 0.1) is 17.2 Å². The molecule has 29 heavy (non-hydrogen) atoms. The molecule has 0 aromatic carbocycles. The molecular weight excluding hydrogens is 412 g/mol. The summed E-state index contributed by atoms with van der Waals surface area (Å²) in [6, 6.07) is 6.42. The topological polar surface area (TPSA) is 122 Å². The first-order valence-corrected chi connectivity index (χ1v) is 12.6. The Morgan fingerprint density at radius 2 is 2.00 bits per heavy atom. The minimum Gasteiger partial charge on any atom is -0.343 e. The van der Waals surface area contributed by atoms with E-state index < -0.39 is 25.9 Å². The lowest BCUT2D eigenvalue weighted by Gasteiger charge is -2.11. The molecule has 1 aliphatic rings. The van der Waals surface area contributed by atoms with Crippen molar-refractivity contribution in [3.63, 3.8) is 0 Å². The summed E-state index contributed by atoms with van der Waals surface area (Å²) in [5, 5.41) is 0.925. The van der Waals surface area contributed by atoms with Gasteiger partial charge in [-0.3, -0.25) is 4.98 Å². The molecule has 3 aromatic rings. The van der Waals surface area contributed by atoms with Crippen LogP contribution in [0.25, 0.3) is 22.3 Å². The van der Waals surface area contributed by atoms with Crippen LogP contribution in [0.1, 0.15) is 31.9 Å². The lowest BCUT2D eigenvalue weighted by Crippen LogP contribution is -2.35. The normalized spacial score (nSPS) is 19.2. The van der Waals surface area contributed by atoms with Gasteiger partial charge in [-0.05, 0) is 36.6 Å². The zero-order chi connectivity index (χ0) is 20.8. The molecule has 1 fully saturated rings. The van der Waals surface area contributed by atoms with Crippen LogP contribution >= 0.6 is 0 Å². The first-order chi connectivity index (χ1) is 13.6. The molecule has 0 amide bonds. The number of nitrogens with one attached hydrogen (secondary N) is 2. The summed E-state index contributed by atoms with van der Waals surface area (Å²) in [7, 11) is -7.01. The minimum absolute atomic E-state index is 0.00441. The SMILES string of the molecule is CC(C)c1cc2c(-c3ccc(S(=O)(=O)NC4CCS(=O)(=O)C4)cn3)ccnc2[nH]1. The number of aromatic amines is 1. The highest BCUT2D eigenvalue weighted by molar-refractivity contribution is 7.92. The zero-order valence-corrected chi connectivity index (χ0v) is 17.7. The van der Waals surface area contributed by atoms with Crippen molar-refractivity contribution in [2.45, 2.75) is 37.1 Å². The van der Waals surface area contributed by atoms with E-state index in [1.54, 1.807) is 12.3 Å². The minimum atomic E-state index is -3.84. The van der Waals surface area contributed by atoms with Crippen LogP contribution < -0.4 is 4.72 Å². The molecule has 0 radical (unpaired) electrons. The van der Waals surface area contributed by atoms with E-state index in [0.717, 1.165) is 22.3 Å². The molecule has 0 aliphatic carbocycles. The first-order valence-electron chi connectivity index (χ1n) is 9.31. The Balaban J connectivity index is 1.62. The molecular formula is C19H22N4O4S2. The van der Waals surface area contributed by atoms with Gasteiger partial charge in [0.2, 0.25) is 10.0 Å². The highest BCUT2D eigenvalue weighted by Gasteiger charge is 2.31. The maximum absolute atomic E-state index is 12.6. The number of aromatic nitrogens is 3. The maximum atomic E-state index is 12.6. The van der Waals surface area contributed by atoms with Gasteiger partial charge in [0.1, 0.15) is 10.5 Å². The van der Waals surface area contributed by atoms with Crippen molar-refractivity contribution in [1.82, 2.24) is 19.7 Å².